The van der Waals surface area contributed by atoms with Gasteiger partial charge in [-0.3, -0.25) is 14.4 Å². The Labute approximate surface area is 149 Å². The summed E-state index contributed by atoms with van der Waals surface area (Å²) in [6, 6.07) is 0. The van der Waals surface area contributed by atoms with E-state index in [1.807, 2.05) is 18.1 Å². The maximum atomic E-state index is 12.7. The van der Waals surface area contributed by atoms with Crippen LogP contribution in [0.3, 0.4) is 0 Å². The first-order valence-electron chi connectivity index (χ1n) is 7.83. The van der Waals surface area contributed by atoms with E-state index in [4.69, 9.17) is 0 Å². The normalized spacial score (nSPS) is 19.1. The van der Waals surface area contributed by atoms with Crippen molar-refractivity contribution in [1.82, 2.24) is 9.80 Å². The molecule has 1 atom stereocenters. The van der Waals surface area contributed by atoms with Gasteiger partial charge in [-0.15, -0.1) is 11.3 Å². The van der Waals surface area contributed by atoms with Gasteiger partial charge in [0.15, 0.2) is 0 Å². The van der Waals surface area contributed by atoms with E-state index in [0.29, 0.717) is 30.1 Å². The van der Waals surface area contributed by atoms with Crippen LogP contribution in [0.1, 0.15) is 27.7 Å². The van der Waals surface area contributed by atoms with Crippen LogP contribution in [0.15, 0.2) is 0 Å². The van der Waals surface area contributed by atoms with Crippen LogP contribution >= 0.6 is 23.1 Å². The third-order valence-corrected chi connectivity index (χ3v) is 6.86. The molecule has 2 aliphatic rings. The number of hydrogen-bond acceptors (Lipinski definition) is 5. The van der Waals surface area contributed by atoms with E-state index in [-0.39, 0.29) is 29.5 Å². The summed E-state index contributed by atoms with van der Waals surface area (Å²) in [7, 11) is 3.38. The van der Waals surface area contributed by atoms with Crippen LogP contribution < -0.4 is 4.90 Å². The van der Waals surface area contributed by atoms with E-state index in [9.17, 15) is 14.4 Å². The Hall–Kier alpha value is -1.54. The molecule has 0 bridgehead atoms. The summed E-state index contributed by atoms with van der Waals surface area (Å²) in [5.41, 5.74) is 1.66. The molecule has 0 spiro atoms. The standard InChI is InChI=1S/C16H21N3O3S2/c1-9(23-4)14(21)19-6-5-10-11(7-19)24-16-13(10)15(22)17(2)8-12(20)18(16)3/h9H,5-8H2,1-4H3. The summed E-state index contributed by atoms with van der Waals surface area (Å²) in [6.07, 6.45) is 2.59. The molecule has 0 N–H and O–H groups in total. The molecule has 0 saturated carbocycles. The van der Waals surface area contributed by atoms with Gasteiger partial charge in [-0.05, 0) is 25.2 Å². The molecule has 1 aromatic rings. The van der Waals surface area contributed by atoms with Crippen LogP contribution in [0.4, 0.5) is 5.00 Å². The van der Waals surface area contributed by atoms with Gasteiger partial charge in [-0.1, -0.05) is 0 Å². The van der Waals surface area contributed by atoms with Crippen molar-refractivity contribution in [3.05, 3.63) is 16.0 Å². The van der Waals surface area contributed by atoms with E-state index in [0.717, 1.165) is 10.4 Å². The fourth-order valence-corrected chi connectivity index (χ4v) is 4.76. The van der Waals surface area contributed by atoms with Crippen LogP contribution in [0.25, 0.3) is 0 Å². The zero-order chi connectivity index (χ0) is 17.6. The Morgan fingerprint density at radius 1 is 1.25 bits per heavy atom. The van der Waals surface area contributed by atoms with Crippen LogP contribution in [0, 0.1) is 0 Å². The number of rotatable bonds is 2. The number of amides is 3. The highest BCUT2D eigenvalue weighted by molar-refractivity contribution is 7.99. The highest BCUT2D eigenvalue weighted by atomic mass is 32.2. The van der Waals surface area contributed by atoms with Crippen molar-refractivity contribution >= 4 is 45.8 Å². The molecule has 6 nitrogen and oxygen atoms in total. The van der Waals surface area contributed by atoms with Crippen LogP contribution in [0.5, 0.6) is 0 Å². The minimum atomic E-state index is -0.0996. The summed E-state index contributed by atoms with van der Waals surface area (Å²) in [5.74, 6) is -0.0609. The summed E-state index contributed by atoms with van der Waals surface area (Å²) in [5, 5.41) is 0.646. The number of nitrogens with zero attached hydrogens (tertiary/aromatic N) is 3. The molecule has 0 aliphatic carbocycles. The van der Waals surface area contributed by atoms with E-state index < -0.39 is 0 Å². The molecule has 0 saturated heterocycles. The van der Waals surface area contributed by atoms with Gasteiger partial charge in [0, 0.05) is 25.5 Å². The van der Waals surface area contributed by atoms with E-state index in [2.05, 4.69) is 0 Å². The third-order valence-electron chi connectivity index (χ3n) is 4.66. The van der Waals surface area contributed by atoms with Gasteiger partial charge < -0.3 is 14.7 Å². The lowest BCUT2D eigenvalue weighted by atomic mass is 10.0. The van der Waals surface area contributed by atoms with Gasteiger partial charge in [0.25, 0.3) is 5.91 Å². The molecule has 2 aliphatic heterocycles. The lowest BCUT2D eigenvalue weighted by Crippen LogP contribution is -2.40. The maximum absolute atomic E-state index is 12.7. The summed E-state index contributed by atoms with van der Waals surface area (Å²) < 4.78 is 0. The zero-order valence-corrected chi connectivity index (χ0v) is 15.9. The molecule has 130 valence electrons. The number of thiophene rings is 1. The summed E-state index contributed by atoms with van der Waals surface area (Å²) in [6.45, 7) is 3.16. The van der Waals surface area contributed by atoms with Gasteiger partial charge in [0.05, 0.1) is 17.4 Å². The number of fused-ring (bicyclic) bond motifs is 3. The van der Waals surface area contributed by atoms with Crippen molar-refractivity contribution in [2.45, 2.75) is 25.1 Å². The van der Waals surface area contributed by atoms with E-state index in [1.54, 1.807) is 19.0 Å². The molecule has 0 radical (unpaired) electrons. The second-order valence-corrected chi connectivity index (χ2v) is 8.45. The third kappa shape index (κ3) is 2.71. The largest absolute Gasteiger partial charge is 0.336 e. The fourth-order valence-electron chi connectivity index (χ4n) is 3.08. The van der Waals surface area contributed by atoms with Gasteiger partial charge in [-0.2, -0.15) is 11.8 Å². The summed E-state index contributed by atoms with van der Waals surface area (Å²) in [4.78, 5) is 43.3. The number of carbonyl (C=O) groups excluding carboxylic acids is 3. The molecule has 24 heavy (non-hydrogen) atoms. The van der Waals surface area contributed by atoms with Crippen molar-refractivity contribution in [1.29, 1.82) is 0 Å². The first kappa shape index (κ1) is 17.3. The van der Waals surface area contributed by atoms with Crippen LogP contribution in [-0.4, -0.2) is 66.2 Å². The molecule has 8 heteroatoms. The number of likely N-dealkylation sites (N-methyl/N-ethyl adjacent to an activating group) is 2. The molecular formula is C16H21N3O3S2. The lowest BCUT2D eigenvalue weighted by molar-refractivity contribution is -0.131. The molecule has 3 amide bonds. The Morgan fingerprint density at radius 2 is 1.96 bits per heavy atom. The molecule has 1 aromatic heterocycles. The van der Waals surface area contributed by atoms with Crippen molar-refractivity contribution < 1.29 is 14.4 Å². The second kappa shape index (κ2) is 6.40. The van der Waals surface area contributed by atoms with Gasteiger partial charge >= 0.3 is 0 Å². The number of hydrogen-bond donors (Lipinski definition) is 0. The molecule has 3 heterocycles. The molecule has 1 unspecified atom stereocenters. The smallest absolute Gasteiger partial charge is 0.257 e. The SMILES string of the molecule is CSC(C)C(=O)N1CCc2c(sc3c2C(=O)N(C)CC(=O)N3C)C1. The van der Waals surface area contributed by atoms with E-state index >= 15 is 0 Å². The highest BCUT2D eigenvalue weighted by Crippen LogP contribution is 2.40. The van der Waals surface area contributed by atoms with Gasteiger partial charge in [-0.25, -0.2) is 0 Å². The average molecular weight is 367 g/mol. The molecular weight excluding hydrogens is 346 g/mol. The maximum Gasteiger partial charge on any atom is 0.257 e. The predicted octanol–water partition coefficient (Wildman–Crippen LogP) is 1.43. The second-order valence-electron chi connectivity index (χ2n) is 6.19. The Kier molecular flexibility index (Phi) is 4.61. The number of carbonyl (C=O) groups is 3. The summed E-state index contributed by atoms with van der Waals surface area (Å²) >= 11 is 3.00. The van der Waals surface area contributed by atoms with Crippen molar-refractivity contribution in [3.63, 3.8) is 0 Å². The van der Waals surface area contributed by atoms with Crippen molar-refractivity contribution in [3.8, 4) is 0 Å². The first-order chi connectivity index (χ1) is 11.3. The Balaban J connectivity index is 1.97. The van der Waals surface area contributed by atoms with Crippen molar-refractivity contribution in [2.75, 3.05) is 38.3 Å². The van der Waals surface area contributed by atoms with Crippen LogP contribution in [0.2, 0.25) is 0 Å². The molecule has 3 rings (SSSR count). The topological polar surface area (TPSA) is 60.9 Å². The lowest BCUT2D eigenvalue weighted by Gasteiger charge is -2.29. The predicted molar refractivity (Wildman–Crippen MR) is 96.8 cm³/mol. The van der Waals surface area contributed by atoms with E-state index in [1.165, 1.54) is 28.0 Å². The Bertz CT molecular complexity index is 716. The monoisotopic (exact) mass is 367 g/mol. The fraction of sp³-hybridized carbons (Fsp3) is 0.562. The average Bonchev–Trinajstić information content (AvgIpc) is 2.93. The molecule has 0 aromatic carbocycles. The van der Waals surface area contributed by atoms with Crippen LogP contribution in [-0.2, 0) is 22.6 Å². The van der Waals surface area contributed by atoms with Crippen molar-refractivity contribution in [2.24, 2.45) is 0 Å². The minimum Gasteiger partial charge on any atom is -0.336 e. The minimum absolute atomic E-state index is 0.0682. The Morgan fingerprint density at radius 3 is 2.62 bits per heavy atom. The quantitative estimate of drug-likeness (QED) is 0.793. The number of thioether (sulfide) groups is 1. The van der Waals surface area contributed by atoms with Gasteiger partial charge in [0.2, 0.25) is 11.8 Å². The highest BCUT2D eigenvalue weighted by Gasteiger charge is 2.36. The van der Waals surface area contributed by atoms with Gasteiger partial charge in [0.1, 0.15) is 11.5 Å². The zero-order valence-electron chi connectivity index (χ0n) is 14.3. The molecule has 0 fully saturated rings. The first-order valence-corrected chi connectivity index (χ1v) is 9.93. The number of anilines is 1.